The summed E-state index contributed by atoms with van der Waals surface area (Å²) < 4.78 is 6.96. The van der Waals surface area contributed by atoms with E-state index in [4.69, 9.17) is 4.74 Å². The first-order valence-electron chi connectivity index (χ1n) is 5.92. The summed E-state index contributed by atoms with van der Waals surface area (Å²) >= 11 is 1.91. The normalized spacial score (nSPS) is 10.3. The molecule has 0 amide bonds. The molecule has 0 saturated heterocycles. The van der Waals surface area contributed by atoms with Crippen LogP contribution >= 0.6 is 22.6 Å². The molecular weight excluding hydrogens is 371 g/mol. The molecule has 0 radical (unpaired) electrons. The van der Waals surface area contributed by atoms with Gasteiger partial charge in [0.15, 0.2) is 5.78 Å². The molecule has 0 saturated carbocycles. The van der Waals surface area contributed by atoms with Crippen molar-refractivity contribution in [3.05, 3.63) is 55.8 Å². The third-order valence-corrected chi connectivity index (χ3v) is 3.64. The number of ketones is 1. The van der Waals surface area contributed by atoms with E-state index < -0.39 is 0 Å². The monoisotopic (exact) mass is 384 g/mol. The number of carbonyl (C=O) groups is 1. The van der Waals surface area contributed by atoms with Crippen LogP contribution in [0.15, 0.2) is 35.3 Å². The lowest BCUT2D eigenvalue weighted by Gasteiger charge is -2.09. The molecule has 2 rings (SSSR count). The van der Waals surface area contributed by atoms with Gasteiger partial charge in [-0.05, 0) is 41.6 Å². The van der Waals surface area contributed by atoms with E-state index in [9.17, 15) is 9.59 Å². The third kappa shape index (κ3) is 3.06. The average Bonchev–Trinajstić information content (AvgIpc) is 2.47. The maximum atomic E-state index is 12.3. The minimum Gasteiger partial charge on any atom is -0.497 e. The average molecular weight is 384 g/mol. The zero-order chi connectivity index (χ0) is 14.7. The second-order valence-corrected chi connectivity index (χ2v) is 5.36. The lowest BCUT2D eigenvalue weighted by atomic mass is 10.1. The van der Waals surface area contributed by atoms with Crippen molar-refractivity contribution in [2.24, 2.45) is 0 Å². The molecule has 5 nitrogen and oxygen atoms in total. The minimum atomic E-state index is -0.200. The first-order chi connectivity index (χ1) is 9.52. The number of hydrogen-bond acceptors (Lipinski definition) is 4. The van der Waals surface area contributed by atoms with Crippen LogP contribution in [-0.2, 0) is 6.54 Å². The molecule has 0 aliphatic rings. The number of benzene rings is 1. The Morgan fingerprint density at radius 2 is 2.20 bits per heavy atom. The summed E-state index contributed by atoms with van der Waals surface area (Å²) in [7, 11) is 1.54. The Kier molecular flexibility index (Phi) is 4.53. The van der Waals surface area contributed by atoms with E-state index in [1.807, 2.05) is 22.6 Å². The molecule has 0 aliphatic heterocycles. The zero-order valence-electron chi connectivity index (χ0n) is 11.1. The van der Waals surface area contributed by atoms with Gasteiger partial charge in [-0.15, -0.1) is 0 Å². The number of carbonyl (C=O) groups excluding carboxylic acids is 1. The van der Waals surface area contributed by atoms with Gasteiger partial charge in [-0.3, -0.25) is 14.2 Å². The van der Waals surface area contributed by atoms with E-state index in [1.54, 1.807) is 38.3 Å². The van der Waals surface area contributed by atoms with Crippen LogP contribution in [0.2, 0.25) is 0 Å². The van der Waals surface area contributed by atoms with Gasteiger partial charge in [0.25, 0.3) is 5.56 Å². The Morgan fingerprint density at radius 1 is 1.45 bits per heavy atom. The molecule has 0 bridgehead atoms. The van der Waals surface area contributed by atoms with Gasteiger partial charge >= 0.3 is 0 Å². The summed E-state index contributed by atoms with van der Waals surface area (Å²) in [5, 5.41) is 0. The number of Topliss-reactive ketones (excluding diaryl/α,β-unsaturated/α-hetero) is 1. The van der Waals surface area contributed by atoms with Gasteiger partial charge < -0.3 is 4.74 Å². The second-order valence-electron chi connectivity index (χ2n) is 4.20. The molecule has 1 aromatic heterocycles. The molecule has 1 heterocycles. The molecule has 104 valence electrons. The van der Waals surface area contributed by atoms with Crippen molar-refractivity contribution in [3.8, 4) is 5.75 Å². The zero-order valence-corrected chi connectivity index (χ0v) is 13.2. The lowest BCUT2D eigenvalue weighted by molar-refractivity contribution is 0.0969. The number of ether oxygens (including phenoxy) is 1. The highest BCUT2D eigenvalue weighted by Gasteiger charge is 2.12. The van der Waals surface area contributed by atoms with Crippen LogP contribution in [0.25, 0.3) is 0 Å². The van der Waals surface area contributed by atoms with Crippen molar-refractivity contribution in [2.75, 3.05) is 7.11 Å². The van der Waals surface area contributed by atoms with Crippen molar-refractivity contribution in [1.29, 1.82) is 0 Å². The first-order valence-corrected chi connectivity index (χ1v) is 7.00. The van der Waals surface area contributed by atoms with E-state index in [0.717, 1.165) is 0 Å². The number of aryl methyl sites for hydroxylation is 1. The van der Waals surface area contributed by atoms with Gasteiger partial charge in [0, 0.05) is 11.8 Å². The van der Waals surface area contributed by atoms with Crippen LogP contribution in [0, 0.1) is 10.5 Å². The van der Waals surface area contributed by atoms with Crippen LogP contribution in [0.1, 0.15) is 16.2 Å². The quantitative estimate of drug-likeness (QED) is 0.598. The van der Waals surface area contributed by atoms with E-state index >= 15 is 0 Å². The fraction of sp³-hybridized carbons (Fsp3) is 0.214. The third-order valence-electron chi connectivity index (χ3n) is 2.90. The van der Waals surface area contributed by atoms with Crippen molar-refractivity contribution < 1.29 is 9.53 Å². The summed E-state index contributed by atoms with van der Waals surface area (Å²) in [5.41, 5.74) is 0.309. The van der Waals surface area contributed by atoms with Crippen LogP contribution < -0.4 is 10.3 Å². The SMILES string of the molecule is COc1cccc(C(=O)Cn2c(C)ncc(I)c2=O)c1. The summed E-state index contributed by atoms with van der Waals surface area (Å²) in [6.45, 7) is 1.68. The number of methoxy groups -OCH3 is 1. The van der Waals surface area contributed by atoms with E-state index in [1.165, 1.54) is 10.8 Å². The Labute approximate surface area is 129 Å². The molecule has 0 aliphatic carbocycles. The topological polar surface area (TPSA) is 61.2 Å². The van der Waals surface area contributed by atoms with Crippen molar-refractivity contribution >= 4 is 28.4 Å². The van der Waals surface area contributed by atoms with Crippen molar-refractivity contribution in [2.45, 2.75) is 13.5 Å². The maximum absolute atomic E-state index is 12.3. The van der Waals surface area contributed by atoms with Gasteiger partial charge in [-0.25, -0.2) is 4.98 Å². The fourth-order valence-electron chi connectivity index (χ4n) is 1.77. The maximum Gasteiger partial charge on any atom is 0.267 e. The standard InChI is InChI=1S/C14H13IN2O3/c1-9-16-7-12(15)14(19)17(9)8-13(18)10-4-3-5-11(6-10)20-2/h3-7H,8H2,1-2H3. The summed E-state index contributed by atoms with van der Waals surface area (Å²) in [4.78, 5) is 28.4. The van der Waals surface area contributed by atoms with Crippen LogP contribution in [-0.4, -0.2) is 22.4 Å². The van der Waals surface area contributed by atoms with Crippen molar-refractivity contribution in [1.82, 2.24) is 9.55 Å². The molecule has 0 N–H and O–H groups in total. The number of aromatic nitrogens is 2. The molecule has 20 heavy (non-hydrogen) atoms. The Morgan fingerprint density at radius 3 is 2.90 bits per heavy atom. The van der Waals surface area contributed by atoms with Crippen molar-refractivity contribution in [3.63, 3.8) is 0 Å². The highest BCUT2D eigenvalue weighted by Crippen LogP contribution is 2.13. The molecule has 0 fully saturated rings. The molecule has 0 spiro atoms. The molecule has 0 atom stereocenters. The van der Waals surface area contributed by atoms with Crippen LogP contribution in [0.4, 0.5) is 0 Å². The highest BCUT2D eigenvalue weighted by molar-refractivity contribution is 14.1. The molecule has 2 aromatic rings. The predicted molar refractivity (Wildman–Crippen MR) is 83.3 cm³/mol. The Hall–Kier alpha value is -1.70. The largest absolute Gasteiger partial charge is 0.497 e. The van der Waals surface area contributed by atoms with Gasteiger partial charge in [0.2, 0.25) is 0 Å². The minimum absolute atomic E-state index is 0.0261. The highest BCUT2D eigenvalue weighted by atomic mass is 127. The van der Waals surface area contributed by atoms with E-state index in [-0.39, 0.29) is 17.9 Å². The molecule has 0 unspecified atom stereocenters. The van der Waals surface area contributed by atoms with Gasteiger partial charge in [0.05, 0.1) is 17.2 Å². The van der Waals surface area contributed by atoms with E-state index in [0.29, 0.717) is 20.7 Å². The van der Waals surface area contributed by atoms with Gasteiger partial charge in [0.1, 0.15) is 11.6 Å². The molecule has 1 aromatic carbocycles. The van der Waals surface area contributed by atoms with E-state index in [2.05, 4.69) is 4.98 Å². The van der Waals surface area contributed by atoms with Gasteiger partial charge in [-0.2, -0.15) is 0 Å². The van der Waals surface area contributed by atoms with Crippen LogP contribution in [0.3, 0.4) is 0 Å². The summed E-state index contributed by atoms with van der Waals surface area (Å²) in [5.74, 6) is 0.977. The molecule has 6 heteroatoms. The summed E-state index contributed by atoms with van der Waals surface area (Å²) in [6, 6.07) is 6.87. The predicted octanol–water partition coefficient (Wildman–Crippen LogP) is 2.05. The first kappa shape index (κ1) is 14.7. The number of hydrogen-bond donors (Lipinski definition) is 0. The Bertz CT molecular complexity index is 710. The number of halogens is 1. The Balaban J connectivity index is 2.33. The number of nitrogens with zero attached hydrogens (tertiary/aromatic N) is 2. The summed E-state index contributed by atoms with van der Waals surface area (Å²) in [6.07, 6.45) is 1.50. The second kappa shape index (κ2) is 6.17. The molecular formula is C14H13IN2O3. The fourth-order valence-corrected chi connectivity index (χ4v) is 2.20. The van der Waals surface area contributed by atoms with Gasteiger partial charge in [-0.1, -0.05) is 12.1 Å². The number of rotatable bonds is 4. The van der Waals surface area contributed by atoms with Crippen LogP contribution in [0.5, 0.6) is 5.75 Å². The smallest absolute Gasteiger partial charge is 0.267 e. The lowest BCUT2D eigenvalue weighted by Crippen LogP contribution is -2.28.